The van der Waals surface area contributed by atoms with Crippen molar-refractivity contribution >= 4 is 39.2 Å². The maximum atomic E-state index is 13.0. The van der Waals surface area contributed by atoms with Crippen LogP contribution < -0.4 is 0 Å². The zero-order chi connectivity index (χ0) is 20.3. The van der Waals surface area contributed by atoms with Gasteiger partial charge in [-0.25, -0.2) is 13.2 Å². The number of carbonyl (C=O) groups is 1. The van der Waals surface area contributed by atoms with Crippen molar-refractivity contribution in [3.8, 4) is 0 Å². The summed E-state index contributed by atoms with van der Waals surface area (Å²) in [6, 6.07) is 9.50. The first kappa shape index (κ1) is 21.1. The van der Waals surface area contributed by atoms with Crippen LogP contribution in [0.15, 0.2) is 41.3 Å². The smallest absolute Gasteiger partial charge is 0.338 e. The van der Waals surface area contributed by atoms with Gasteiger partial charge in [-0.05, 0) is 49.6 Å². The molecular formula is C20H21Cl2NO4S. The predicted molar refractivity (Wildman–Crippen MR) is 109 cm³/mol. The zero-order valence-corrected chi connectivity index (χ0v) is 17.8. The Labute approximate surface area is 175 Å². The fraction of sp³-hybridized carbons (Fsp3) is 0.350. The summed E-state index contributed by atoms with van der Waals surface area (Å²) in [6.45, 7) is 2.70. The second-order valence-corrected chi connectivity index (χ2v) is 9.51. The first-order chi connectivity index (χ1) is 13.3. The highest BCUT2D eigenvalue weighted by atomic mass is 35.5. The quantitative estimate of drug-likeness (QED) is 0.622. The van der Waals surface area contributed by atoms with E-state index in [9.17, 15) is 13.2 Å². The number of hydrogen-bond donors (Lipinski definition) is 0. The number of aryl methyl sites for hydroxylation is 1. The van der Waals surface area contributed by atoms with E-state index in [0.29, 0.717) is 34.3 Å². The van der Waals surface area contributed by atoms with Crippen LogP contribution in [0.25, 0.3) is 0 Å². The number of rotatable bonds is 5. The third-order valence-corrected chi connectivity index (χ3v) is 7.36. The first-order valence-corrected chi connectivity index (χ1v) is 11.2. The van der Waals surface area contributed by atoms with E-state index in [2.05, 4.69) is 0 Å². The fourth-order valence-corrected chi connectivity index (χ4v) is 5.35. The molecule has 2 aromatic carbocycles. The van der Waals surface area contributed by atoms with E-state index in [0.717, 1.165) is 19.3 Å². The van der Waals surface area contributed by atoms with Gasteiger partial charge in [-0.15, -0.1) is 0 Å². The van der Waals surface area contributed by atoms with E-state index in [4.69, 9.17) is 27.9 Å². The minimum atomic E-state index is -3.64. The van der Waals surface area contributed by atoms with Crippen LogP contribution in [0.4, 0.5) is 0 Å². The third kappa shape index (κ3) is 4.69. The lowest BCUT2D eigenvalue weighted by atomic mass is 10.1. The minimum Gasteiger partial charge on any atom is -0.457 e. The van der Waals surface area contributed by atoms with Crippen molar-refractivity contribution in [1.29, 1.82) is 0 Å². The summed E-state index contributed by atoms with van der Waals surface area (Å²) in [5, 5.41) is 0.892. The minimum absolute atomic E-state index is 0.0308. The van der Waals surface area contributed by atoms with Gasteiger partial charge in [0, 0.05) is 28.7 Å². The number of piperidine rings is 1. The summed E-state index contributed by atoms with van der Waals surface area (Å²) in [4.78, 5) is 12.6. The molecule has 150 valence electrons. The lowest BCUT2D eigenvalue weighted by Gasteiger charge is -2.26. The van der Waals surface area contributed by atoms with Crippen molar-refractivity contribution in [3.63, 3.8) is 0 Å². The highest BCUT2D eigenvalue weighted by Crippen LogP contribution is 2.25. The van der Waals surface area contributed by atoms with E-state index in [1.807, 2.05) is 0 Å². The van der Waals surface area contributed by atoms with Gasteiger partial charge in [-0.1, -0.05) is 41.8 Å². The Morgan fingerprint density at radius 2 is 1.79 bits per heavy atom. The van der Waals surface area contributed by atoms with Crippen molar-refractivity contribution in [3.05, 3.63) is 63.1 Å². The number of esters is 1. The Kier molecular flexibility index (Phi) is 6.65. The van der Waals surface area contributed by atoms with Crippen molar-refractivity contribution in [2.45, 2.75) is 37.7 Å². The Morgan fingerprint density at radius 3 is 2.46 bits per heavy atom. The van der Waals surface area contributed by atoms with Crippen molar-refractivity contribution in [2.75, 3.05) is 13.1 Å². The molecule has 8 heteroatoms. The summed E-state index contributed by atoms with van der Waals surface area (Å²) in [7, 11) is -3.64. The van der Waals surface area contributed by atoms with E-state index < -0.39 is 16.0 Å². The molecule has 0 aromatic heterocycles. The largest absolute Gasteiger partial charge is 0.457 e. The zero-order valence-electron chi connectivity index (χ0n) is 15.5. The van der Waals surface area contributed by atoms with Gasteiger partial charge >= 0.3 is 5.97 Å². The molecule has 28 heavy (non-hydrogen) atoms. The van der Waals surface area contributed by atoms with E-state index in [-0.39, 0.29) is 17.1 Å². The van der Waals surface area contributed by atoms with Gasteiger partial charge in [0.25, 0.3) is 0 Å². The molecule has 1 saturated heterocycles. The average Bonchev–Trinajstić information content (AvgIpc) is 2.68. The van der Waals surface area contributed by atoms with Gasteiger partial charge in [0.2, 0.25) is 10.0 Å². The Balaban J connectivity index is 1.79. The molecular weight excluding hydrogens is 421 g/mol. The molecule has 0 atom stereocenters. The highest BCUT2D eigenvalue weighted by molar-refractivity contribution is 7.89. The van der Waals surface area contributed by atoms with Crippen LogP contribution in [0, 0.1) is 6.92 Å². The van der Waals surface area contributed by atoms with Crippen LogP contribution in [0.1, 0.15) is 40.7 Å². The summed E-state index contributed by atoms with van der Waals surface area (Å²) in [5.41, 5.74) is 1.40. The van der Waals surface area contributed by atoms with Crippen molar-refractivity contribution < 1.29 is 17.9 Å². The molecule has 0 amide bonds. The molecule has 0 saturated carbocycles. The SMILES string of the molecule is Cc1ccc(C(=O)OCc2ccc(Cl)cc2Cl)cc1S(=O)(=O)N1CCCCC1. The number of ether oxygens (including phenoxy) is 1. The summed E-state index contributed by atoms with van der Waals surface area (Å²) >= 11 is 12.0. The highest BCUT2D eigenvalue weighted by Gasteiger charge is 2.28. The molecule has 1 aliphatic rings. The molecule has 0 bridgehead atoms. The molecule has 5 nitrogen and oxygen atoms in total. The second-order valence-electron chi connectivity index (χ2n) is 6.76. The number of benzene rings is 2. The maximum absolute atomic E-state index is 13.0. The van der Waals surface area contributed by atoms with Gasteiger partial charge in [0.15, 0.2) is 0 Å². The lowest BCUT2D eigenvalue weighted by molar-refractivity contribution is 0.0472. The lowest BCUT2D eigenvalue weighted by Crippen LogP contribution is -2.36. The molecule has 1 heterocycles. The van der Waals surface area contributed by atoms with Crippen LogP contribution in [0.3, 0.4) is 0 Å². The van der Waals surface area contributed by atoms with Gasteiger partial charge < -0.3 is 4.74 Å². The fourth-order valence-electron chi connectivity index (χ4n) is 3.11. The summed E-state index contributed by atoms with van der Waals surface area (Å²) < 4.78 is 32.8. The Bertz CT molecular complexity index is 986. The van der Waals surface area contributed by atoms with Crippen molar-refractivity contribution in [2.24, 2.45) is 0 Å². The standard InChI is InChI=1S/C20H21Cl2NO4S/c1-14-5-6-15(11-19(14)28(25,26)23-9-3-2-4-10-23)20(24)27-13-16-7-8-17(21)12-18(16)22/h5-8,11-12H,2-4,9-10,13H2,1H3. The number of carbonyl (C=O) groups excluding carboxylic acids is 1. The van der Waals surface area contributed by atoms with Gasteiger partial charge in [-0.2, -0.15) is 4.31 Å². The normalized spacial score (nSPS) is 15.4. The molecule has 2 aromatic rings. The van der Waals surface area contributed by atoms with E-state index in [1.54, 1.807) is 37.3 Å². The molecule has 0 spiro atoms. The second kappa shape index (κ2) is 8.82. The average molecular weight is 442 g/mol. The van der Waals surface area contributed by atoms with Crippen LogP contribution in [-0.4, -0.2) is 31.8 Å². The van der Waals surface area contributed by atoms with Gasteiger partial charge in [-0.3, -0.25) is 0 Å². The number of sulfonamides is 1. The van der Waals surface area contributed by atoms with E-state index >= 15 is 0 Å². The van der Waals surface area contributed by atoms with Crippen LogP contribution in [-0.2, 0) is 21.4 Å². The Hall–Kier alpha value is -1.60. The number of hydrogen-bond acceptors (Lipinski definition) is 4. The Morgan fingerprint density at radius 1 is 1.07 bits per heavy atom. The molecule has 3 rings (SSSR count). The van der Waals surface area contributed by atoms with Crippen LogP contribution in [0.2, 0.25) is 10.0 Å². The number of nitrogens with zero attached hydrogens (tertiary/aromatic N) is 1. The van der Waals surface area contributed by atoms with E-state index in [1.165, 1.54) is 10.4 Å². The van der Waals surface area contributed by atoms with Crippen LogP contribution >= 0.6 is 23.2 Å². The van der Waals surface area contributed by atoms with Gasteiger partial charge in [0.1, 0.15) is 6.61 Å². The summed E-state index contributed by atoms with van der Waals surface area (Å²) in [6.07, 6.45) is 2.73. The first-order valence-electron chi connectivity index (χ1n) is 9.01. The maximum Gasteiger partial charge on any atom is 0.338 e. The molecule has 0 unspecified atom stereocenters. The monoisotopic (exact) mass is 441 g/mol. The molecule has 0 N–H and O–H groups in total. The predicted octanol–water partition coefficient (Wildman–Crippen LogP) is 4.83. The number of halogens is 2. The van der Waals surface area contributed by atoms with Crippen molar-refractivity contribution in [1.82, 2.24) is 4.31 Å². The summed E-state index contributed by atoms with van der Waals surface area (Å²) in [5.74, 6) is -0.610. The molecule has 0 aliphatic carbocycles. The molecule has 0 radical (unpaired) electrons. The molecule has 1 aliphatic heterocycles. The third-order valence-electron chi connectivity index (χ3n) is 4.73. The molecule has 1 fully saturated rings. The van der Waals surface area contributed by atoms with Crippen LogP contribution in [0.5, 0.6) is 0 Å². The van der Waals surface area contributed by atoms with Gasteiger partial charge in [0.05, 0.1) is 10.5 Å². The topological polar surface area (TPSA) is 63.7 Å².